The molecule has 17 heavy (non-hydrogen) atoms. The van der Waals surface area contributed by atoms with E-state index in [0.717, 1.165) is 25.3 Å². The molecule has 94 valence electrons. The molecule has 0 radical (unpaired) electrons. The molecule has 1 aromatic rings. The summed E-state index contributed by atoms with van der Waals surface area (Å²) in [5.41, 5.74) is 0. The fourth-order valence-electron chi connectivity index (χ4n) is 2.06. The van der Waals surface area contributed by atoms with Crippen LogP contribution in [0.3, 0.4) is 0 Å². The Labute approximate surface area is 101 Å². The maximum absolute atomic E-state index is 11.2. The van der Waals surface area contributed by atoms with Crippen molar-refractivity contribution in [3.63, 3.8) is 0 Å². The first-order valence-corrected chi connectivity index (χ1v) is 5.78. The van der Waals surface area contributed by atoms with Crippen LogP contribution in [0.4, 0.5) is 0 Å². The number of likely N-dealkylation sites (N-methyl/N-ethyl adjacent to an activating group) is 1. The summed E-state index contributed by atoms with van der Waals surface area (Å²) >= 11 is 0. The van der Waals surface area contributed by atoms with Gasteiger partial charge in [-0.05, 0) is 32.1 Å². The summed E-state index contributed by atoms with van der Waals surface area (Å²) in [5, 5.41) is 3.33. The minimum atomic E-state index is -0.429. The summed E-state index contributed by atoms with van der Waals surface area (Å²) in [6.45, 7) is 2.80. The van der Waals surface area contributed by atoms with Gasteiger partial charge in [-0.3, -0.25) is 4.90 Å². The molecule has 1 aliphatic heterocycles. The van der Waals surface area contributed by atoms with Crippen molar-refractivity contribution in [2.45, 2.75) is 19.0 Å². The largest absolute Gasteiger partial charge is 0.463 e. The highest BCUT2D eigenvalue weighted by Crippen LogP contribution is 2.14. The quantitative estimate of drug-likeness (QED) is 0.788. The van der Waals surface area contributed by atoms with E-state index in [4.69, 9.17) is 4.42 Å². The van der Waals surface area contributed by atoms with E-state index in [9.17, 15) is 4.79 Å². The highest BCUT2D eigenvalue weighted by Gasteiger charge is 2.20. The average Bonchev–Trinajstić information content (AvgIpc) is 2.98. The van der Waals surface area contributed by atoms with Gasteiger partial charge in [-0.15, -0.1) is 0 Å². The van der Waals surface area contributed by atoms with Gasteiger partial charge in [-0.1, -0.05) is 0 Å². The van der Waals surface area contributed by atoms with Gasteiger partial charge in [0.25, 0.3) is 0 Å². The average molecular weight is 238 g/mol. The molecular weight excluding hydrogens is 220 g/mol. The molecule has 0 bridgehead atoms. The second-order valence-electron chi connectivity index (χ2n) is 4.32. The highest BCUT2D eigenvalue weighted by molar-refractivity contribution is 5.86. The van der Waals surface area contributed by atoms with Crippen LogP contribution in [-0.4, -0.2) is 44.2 Å². The molecule has 0 saturated carbocycles. The Kier molecular flexibility index (Phi) is 3.81. The fraction of sp³-hybridized carbons (Fsp3) is 0.583. The van der Waals surface area contributed by atoms with E-state index in [1.165, 1.54) is 7.11 Å². The molecule has 1 saturated heterocycles. The van der Waals surface area contributed by atoms with E-state index in [-0.39, 0.29) is 5.76 Å². The Morgan fingerprint density at radius 2 is 2.47 bits per heavy atom. The third-order valence-electron chi connectivity index (χ3n) is 3.11. The Hall–Kier alpha value is -1.33. The number of ether oxygens (including phenoxy) is 1. The Morgan fingerprint density at radius 1 is 1.65 bits per heavy atom. The summed E-state index contributed by atoms with van der Waals surface area (Å²) < 4.78 is 10.0. The predicted molar refractivity (Wildman–Crippen MR) is 62.8 cm³/mol. The predicted octanol–water partition coefficient (Wildman–Crippen LogP) is 0.860. The minimum Gasteiger partial charge on any atom is -0.463 e. The summed E-state index contributed by atoms with van der Waals surface area (Å²) in [4.78, 5) is 13.5. The van der Waals surface area contributed by atoms with Crippen LogP contribution in [0, 0.1) is 0 Å². The van der Waals surface area contributed by atoms with Crippen LogP contribution in [0.1, 0.15) is 22.7 Å². The Balaban J connectivity index is 1.94. The van der Waals surface area contributed by atoms with Crippen molar-refractivity contribution >= 4 is 5.97 Å². The smallest absolute Gasteiger partial charge is 0.373 e. The number of nitrogens with one attached hydrogen (secondary N) is 1. The maximum atomic E-state index is 11.2. The number of nitrogens with zero attached hydrogens (tertiary/aromatic N) is 1. The molecular formula is C12H18N2O3. The van der Waals surface area contributed by atoms with E-state index in [0.29, 0.717) is 12.6 Å². The number of rotatable bonds is 4. The summed E-state index contributed by atoms with van der Waals surface area (Å²) in [7, 11) is 3.42. The lowest BCUT2D eigenvalue weighted by molar-refractivity contribution is 0.0561. The Morgan fingerprint density at radius 3 is 3.12 bits per heavy atom. The van der Waals surface area contributed by atoms with Gasteiger partial charge in [-0.2, -0.15) is 0 Å². The van der Waals surface area contributed by atoms with E-state index in [2.05, 4.69) is 22.0 Å². The van der Waals surface area contributed by atoms with Crippen molar-refractivity contribution in [2.24, 2.45) is 0 Å². The van der Waals surface area contributed by atoms with Crippen molar-refractivity contribution < 1.29 is 13.9 Å². The molecule has 0 amide bonds. The van der Waals surface area contributed by atoms with Crippen LogP contribution in [0.5, 0.6) is 0 Å². The SMILES string of the molecule is COC(=O)c1ccc(CN(C)C2CCNC2)o1. The van der Waals surface area contributed by atoms with Gasteiger partial charge < -0.3 is 14.5 Å². The van der Waals surface area contributed by atoms with Crippen LogP contribution in [-0.2, 0) is 11.3 Å². The number of carbonyl (C=O) groups excluding carboxylic acids is 1. The van der Waals surface area contributed by atoms with Gasteiger partial charge >= 0.3 is 5.97 Å². The zero-order chi connectivity index (χ0) is 12.3. The normalized spacial score (nSPS) is 19.8. The van der Waals surface area contributed by atoms with Crippen molar-refractivity contribution in [3.05, 3.63) is 23.7 Å². The van der Waals surface area contributed by atoms with Crippen LogP contribution < -0.4 is 5.32 Å². The van der Waals surface area contributed by atoms with Gasteiger partial charge in [0.2, 0.25) is 5.76 Å². The molecule has 5 heteroatoms. The van der Waals surface area contributed by atoms with E-state index in [1.807, 2.05) is 6.07 Å². The number of methoxy groups -OCH3 is 1. The summed E-state index contributed by atoms with van der Waals surface area (Å²) in [6, 6.07) is 4.02. The maximum Gasteiger partial charge on any atom is 0.373 e. The molecule has 1 fully saturated rings. The van der Waals surface area contributed by atoms with Gasteiger partial charge in [0, 0.05) is 12.6 Å². The van der Waals surface area contributed by atoms with Crippen LogP contribution >= 0.6 is 0 Å². The molecule has 0 aromatic carbocycles. The standard InChI is InChI=1S/C12H18N2O3/c1-14(9-5-6-13-7-9)8-10-3-4-11(17-10)12(15)16-2/h3-4,9,13H,5-8H2,1-2H3. The van der Waals surface area contributed by atoms with Crippen LogP contribution in [0.25, 0.3) is 0 Å². The molecule has 2 rings (SSSR count). The number of hydrogen-bond donors (Lipinski definition) is 1. The number of hydrogen-bond acceptors (Lipinski definition) is 5. The molecule has 5 nitrogen and oxygen atoms in total. The molecule has 1 aromatic heterocycles. The number of carbonyl (C=O) groups is 1. The summed E-state index contributed by atoms with van der Waals surface area (Å²) in [5.74, 6) is 0.627. The molecule has 1 aliphatic rings. The van der Waals surface area contributed by atoms with Crippen LogP contribution in [0.2, 0.25) is 0 Å². The minimum absolute atomic E-state index is 0.264. The third kappa shape index (κ3) is 2.87. The number of furan rings is 1. The van der Waals surface area contributed by atoms with Gasteiger partial charge in [0.1, 0.15) is 5.76 Å². The summed E-state index contributed by atoms with van der Waals surface area (Å²) in [6.07, 6.45) is 1.15. The van der Waals surface area contributed by atoms with Crippen molar-refractivity contribution in [1.82, 2.24) is 10.2 Å². The van der Waals surface area contributed by atoms with E-state index < -0.39 is 5.97 Å². The lowest BCUT2D eigenvalue weighted by Crippen LogP contribution is -2.32. The molecule has 1 atom stereocenters. The van der Waals surface area contributed by atoms with Crippen molar-refractivity contribution in [1.29, 1.82) is 0 Å². The second kappa shape index (κ2) is 5.33. The van der Waals surface area contributed by atoms with Gasteiger partial charge in [-0.25, -0.2) is 4.79 Å². The van der Waals surface area contributed by atoms with Crippen molar-refractivity contribution in [3.8, 4) is 0 Å². The lowest BCUT2D eigenvalue weighted by atomic mass is 10.2. The molecule has 2 heterocycles. The zero-order valence-corrected chi connectivity index (χ0v) is 10.2. The van der Waals surface area contributed by atoms with Crippen molar-refractivity contribution in [2.75, 3.05) is 27.2 Å². The first-order chi connectivity index (χ1) is 8.20. The zero-order valence-electron chi connectivity index (χ0n) is 10.2. The lowest BCUT2D eigenvalue weighted by Gasteiger charge is -2.21. The second-order valence-corrected chi connectivity index (χ2v) is 4.32. The monoisotopic (exact) mass is 238 g/mol. The van der Waals surface area contributed by atoms with Crippen LogP contribution in [0.15, 0.2) is 16.5 Å². The molecule has 1 unspecified atom stereocenters. The first kappa shape index (κ1) is 12.1. The fourth-order valence-corrected chi connectivity index (χ4v) is 2.06. The highest BCUT2D eigenvalue weighted by atomic mass is 16.5. The topological polar surface area (TPSA) is 54.7 Å². The Bertz CT molecular complexity index is 383. The van der Waals surface area contributed by atoms with E-state index in [1.54, 1.807) is 6.07 Å². The first-order valence-electron chi connectivity index (χ1n) is 5.78. The third-order valence-corrected chi connectivity index (χ3v) is 3.11. The van der Waals surface area contributed by atoms with E-state index >= 15 is 0 Å². The molecule has 0 aliphatic carbocycles. The molecule has 0 spiro atoms. The van der Waals surface area contributed by atoms with Gasteiger partial charge in [0.15, 0.2) is 0 Å². The van der Waals surface area contributed by atoms with Gasteiger partial charge in [0.05, 0.1) is 13.7 Å². The molecule has 1 N–H and O–H groups in total. The number of esters is 1.